The van der Waals surface area contributed by atoms with E-state index in [-0.39, 0.29) is 11.9 Å². The molecule has 0 spiro atoms. The fourth-order valence-electron chi connectivity index (χ4n) is 2.71. The number of hydrogen-bond donors (Lipinski definition) is 1. The smallest absolute Gasteiger partial charge is 0.137 e. The van der Waals surface area contributed by atoms with Crippen molar-refractivity contribution in [2.24, 2.45) is 0 Å². The second kappa shape index (κ2) is 7.53. The van der Waals surface area contributed by atoms with Gasteiger partial charge in [-0.3, -0.25) is 0 Å². The molecular weight excluding hydrogens is 321 g/mol. The van der Waals surface area contributed by atoms with Crippen LogP contribution in [-0.4, -0.2) is 24.8 Å². The minimum absolute atomic E-state index is 0.211. The second-order valence-electron chi connectivity index (χ2n) is 5.58. The predicted octanol–water partition coefficient (Wildman–Crippen LogP) is 4.07. The maximum Gasteiger partial charge on any atom is 0.137 e. The van der Waals surface area contributed by atoms with Crippen molar-refractivity contribution in [1.82, 2.24) is 5.32 Å². The van der Waals surface area contributed by atoms with Gasteiger partial charge in [0, 0.05) is 6.04 Å². The summed E-state index contributed by atoms with van der Waals surface area (Å²) in [5.74, 6) is -0.211. The fourth-order valence-corrected chi connectivity index (χ4v) is 3.14. The number of hydrogen-bond acceptors (Lipinski definition) is 2. The molecule has 1 aromatic rings. The summed E-state index contributed by atoms with van der Waals surface area (Å²) < 4.78 is 19.8. The van der Waals surface area contributed by atoms with E-state index in [1.165, 1.54) is 6.07 Å². The van der Waals surface area contributed by atoms with Crippen molar-refractivity contribution in [3.05, 3.63) is 34.1 Å². The Morgan fingerprint density at radius 1 is 1.45 bits per heavy atom. The van der Waals surface area contributed by atoms with Crippen molar-refractivity contribution in [2.45, 2.75) is 57.8 Å². The summed E-state index contributed by atoms with van der Waals surface area (Å²) in [5, 5.41) is 3.58. The third-order valence-corrected chi connectivity index (χ3v) is 4.42. The first-order valence-electron chi connectivity index (χ1n) is 7.43. The molecule has 112 valence electrons. The van der Waals surface area contributed by atoms with E-state index in [4.69, 9.17) is 4.74 Å². The zero-order valence-electron chi connectivity index (χ0n) is 12.2. The first kappa shape index (κ1) is 15.9. The van der Waals surface area contributed by atoms with Gasteiger partial charge in [-0.05, 0) is 72.8 Å². The zero-order valence-corrected chi connectivity index (χ0v) is 13.7. The molecule has 4 heteroatoms. The van der Waals surface area contributed by atoms with Gasteiger partial charge in [0.05, 0.1) is 16.7 Å². The van der Waals surface area contributed by atoms with E-state index >= 15 is 0 Å². The fraction of sp³-hybridized carbons (Fsp3) is 0.625. The van der Waals surface area contributed by atoms with Crippen molar-refractivity contribution in [3.8, 4) is 0 Å². The highest BCUT2D eigenvalue weighted by Gasteiger charge is 2.29. The van der Waals surface area contributed by atoms with Gasteiger partial charge in [-0.25, -0.2) is 4.39 Å². The molecule has 0 aliphatic carbocycles. The number of nitrogens with one attached hydrogen (secondary N) is 1. The molecule has 3 unspecified atom stereocenters. The SMILES string of the molecule is CCCNC(Cc1ccc(F)c(Br)c1)C1CCC(C)O1. The monoisotopic (exact) mass is 343 g/mol. The van der Waals surface area contributed by atoms with Gasteiger partial charge in [-0.15, -0.1) is 0 Å². The van der Waals surface area contributed by atoms with Crippen LogP contribution < -0.4 is 5.32 Å². The van der Waals surface area contributed by atoms with Crippen LogP contribution in [0.5, 0.6) is 0 Å². The minimum atomic E-state index is -0.211. The van der Waals surface area contributed by atoms with E-state index in [0.29, 0.717) is 16.6 Å². The lowest BCUT2D eigenvalue weighted by atomic mass is 9.99. The quantitative estimate of drug-likeness (QED) is 0.840. The Morgan fingerprint density at radius 2 is 2.25 bits per heavy atom. The zero-order chi connectivity index (χ0) is 14.5. The largest absolute Gasteiger partial charge is 0.374 e. The van der Waals surface area contributed by atoms with Crippen molar-refractivity contribution in [2.75, 3.05) is 6.54 Å². The van der Waals surface area contributed by atoms with Crippen LogP contribution in [-0.2, 0) is 11.2 Å². The van der Waals surface area contributed by atoms with Crippen LogP contribution in [0.3, 0.4) is 0 Å². The van der Waals surface area contributed by atoms with E-state index < -0.39 is 0 Å². The van der Waals surface area contributed by atoms with Crippen molar-refractivity contribution in [1.29, 1.82) is 0 Å². The van der Waals surface area contributed by atoms with E-state index in [1.54, 1.807) is 0 Å². The maximum absolute atomic E-state index is 13.3. The van der Waals surface area contributed by atoms with Crippen LogP contribution in [0.2, 0.25) is 0 Å². The van der Waals surface area contributed by atoms with Gasteiger partial charge in [0.15, 0.2) is 0 Å². The van der Waals surface area contributed by atoms with E-state index in [0.717, 1.165) is 37.8 Å². The van der Waals surface area contributed by atoms with Gasteiger partial charge in [-0.1, -0.05) is 13.0 Å². The molecule has 20 heavy (non-hydrogen) atoms. The molecule has 1 N–H and O–H groups in total. The van der Waals surface area contributed by atoms with Crippen molar-refractivity contribution < 1.29 is 9.13 Å². The molecule has 3 atom stereocenters. The Hall–Kier alpha value is -0.450. The number of ether oxygens (including phenoxy) is 1. The lowest BCUT2D eigenvalue weighted by Crippen LogP contribution is -2.42. The Balaban J connectivity index is 2.04. The van der Waals surface area contributed by atoms with Gasteiger partial charge in [0.1, 0.15) is 5.82 Å². The summed E-state index contributed by atoms with van der Waals surface area (Å²) in [4.78, 5) is 0. The normalized spacial score (nSPS) is 24.0. The highest BCUT2D eigenvalue weighted by atomic mass is 79.9. The Kier molecular flexibility index (Phi) is 6.00. The summed E-state index contributed by atoms with van der Waals surface area (Å²) in [6.45, 7) is 5.28. The van der Waals surface area contributed by atoms with Gasteiger partial charge >= 0.3 is 0 Å². The third kappa shape index (κ3) is 4.27. The topological polar surface area (TPSA) is 21.3 Å². The van der Waals surface area contributed by atoms with Gasteiger partial charge in [0.2, 0.25) is 0 Å². The van der Waals surface area contributed by atoms with Crippen molar-refractivity contribution in [3.63, 3.8) is 0 Å². The molecule has 0 saturated carbocycles. The Bertz CT molecular complexity index is 440. The molecule has 0 amide bonds. The van der Waals surface area contributed by atoms with Gasteiger partial charge < -0.3 is 10.1 Å². The number of rotatable bonds is 6. The molecule has 1 saturated heterocycles. The molecule has 1 aliphatic heterocycles. The number of halogens is 2. The number of benzene rings is 1. The summed E-state index contributed by atoms with van der Waals surface area (Å²) in [6.07, 6.45) is 4.82. The molecule has 0 radical (unpaired) electrons. The van der Waals surface area contributed by atoms with Gasteiger partial charge in [-0.2, -0.15) is 0 Å². The van der Waals surface area contributed by atoms with Crippen LogP contribution in [0, 0.1) is 5.82 Å². The highest BCUT2D eigenvalue weighted by Crippen LogP contribution is 2.25. The van der Waals surface area contributed by atoms with Crippen molar-refractivity contribution >= 4 is 15.9 Å². The predicted molar refractivity (Wildman–Crippen MR) is 83.5 cm³/mol. The average Bonchev–Trinajstić information content (AvgIpc) is 2.85. The standard InChI is InChI=1S/C16H23BrFNO/c1-3-8-19-15(16-7-4-11(2)20-16)10-12-5-6-14(18)13(17)9-12/h5-6,9,11,15-16,19H,3-4,7-8,10H2,1-2H3. The third-order valence-electron chi connectivity index (χ3n) is 3.81. The lowest BCUT2D eigenvalue weighted by Gasteiger charge is -2.25. The molecular formula is C16H23BrFNO. The molecule has 0 bridgehead atoms. The molecule has 1 heterocycles. The van der Waals surface area contributed by atoms with E-state index in [9.17, 15) is 4.39 Å². The Labute approximate surface area is 129 Å². The summed E-state index contributed by atoms with van der Waals surface area (Å²) >= 11 is 3.26. The molecule has 0 aromatic heterocycles. The molecule has 1 aliphatic rings. The first-order chi connectivity index (χ1) is 9.60. The highest BCUT2D eigenvalue weighted by molar-refractivity contribution is 9.10. The minimum Gasteiger partial charge on any atom is -0.374 e. The second-order valence-corrected chi connectivity index (χ2v) is 6.43. The molecule has 2 rings (SSSR count). The molecule has 2 nitrogen and oxygen atoms in total. The molecule has 1 aromatic carbocycles. The van der Waals surface area contributed by atoms with Gasteiger partial charge in [0.25, 0.3) is 0 Å². The van der Waals surface area contributed by atoms with Crippen LogP contribution in [0.25, 0.3) is 0 Å². The van der Waals surface area contributed by atoms with E-state index in [1.807, 2.05) is 12.1 Å². The maximum atomic E-state index is 13.3. The molecule has 1 fully saturated rings. The van der Waals surface area contributed by atoms with Crippen LogP contribution in [0.1, 0.15) is 38.7 Å². The summed E-state index contributed by atoms with van der Waals surface area (Å²) in [7, 11) is 0. The first-order valence-corrected chi connectivity index (χ1v) is 8.22. The van der Waals surface area contributed by atoms with Crippen LogP contribution in [0.4, 0.5) is 4.39 Å². The Morgan fingerprint density at radius 3 is 2.85 bits per heavy atom. The van der Waals surface area contributed by atoms with Crippen LogP contribution in [0.15, 0.2) is 22.7 Å². The average molecular weight is 344 g/mol. The summed E-state index contributed by atoms with van der Waals surface area (Å²) in [5.41, 5.74) is 1.13. The lowest BCUT2D eigenvalue weighted by molar-refractivity contribution is 0.0321. The van der Waals surface area contributed by atoms with Crippen LogP contribution >= 0.6 is 15.9 Å². The summed E-state index contributed by atoms with van der Waals surface area (Å²) in [6, 6.07) is 5.55. The van der Waals surface area contributed by atoms with E-state index in [2.05, 4.69) is 35.1 Å².